The molecule has 0 aliphatic carbocycles. The molecular formula is C18H28N2O3. The van der Waals surface area contributed by atoms with Crippen molar-refractivity contribution in [3.05, 3.63) is 29.8 Å². The Labute approximate surface area is 138 Å². The zero-order chi connectivity index (χ0) is 17.0. The van der Waals surface area contributed by atoms with Crippen LogP contribution in [0.2, 0.25) is 0 Å². The van der Waals surface area contributed by atoms with E-state index in [4.69, 9.17) is 0 Å². The zero-order valence-corrected chi connectivity index (χ0v) is 14.2. The van der Waals surface area contributed by atoms with Gasteiger partial charge < -0.3 is 15.5 Å². The van der Waals surface area contributed by atoms with Crippen molar-refractivity contribution < 1.29 is 15.0 Å². The Hall–Kier alpha value is -1.59. The van der Waals surface area contributed by atoms with Crippen LogP contribution in [0.5, 0.6) is 5.75 Å². The molecule has 0 aromatic heterocycles. The monoisotopic (exact) mass is 320 g/mol. The molecular weight excluding hydrogens is 292 g/mol. The van der Waals surface area contributed by atoms with Crippen LogP contribution in [0.25, 0.3) is 0 Å². The SMILES string of the molecule is C[C@@H]1CC[C@H](C)N1[C@@H](C)C(=O)N[C@H](CO)Cc1ccc(O)cc1. The molecule has 5 nitrogen and oxygen atoms in total. The number of aliphatic hydroxyl groups is 1. The lowest BCUT2D eigenvalue weighted by molar-refractivity contribution is -0.127. The Kier molecular flexibility index (Phi) is 6.02. The van der Waals surface area contributed by atoms with Gasteiger partial charge in [-0.25, -0.2) is 0 Å². The predicted molar refractivity (Wildman–Crippen MR) is 90.3 cm³/mol. The summed E-state index contributed by atoms with van der Waals surface area (Å²) in [6.07, 6.45) is 2.78. The summed E-state index contributed by atoms with van der Waals surface area (Å²) in [6, 6.07) is 7.14. The van der Waals surface area contributed by atoms with Crippen LogP contribution in [-0.2, 0) is 11.2 Å². The number of benzene rings is 1. The highest BCUT2D eigenvalue weighted by molar-refractivity contribution is 5.81. The Morgan fingerprint density at radius 3 is 2.35 bits per heavy atom. The van der Waals surface area contributed by atoms with E-state index in [0.29, 0.717) is 18.5 Å². The summed E-state index contributed by atoms with van der Waals surface area (Å²) in [5, 5.41) is 21.8. The van der Waals surface area contributed by atoms with Gasteiger partial charge in [0.05, 0.1) is 18.7 Å². The van der Waals surface area contributed by atoms with Crippen LogP contribution in [-0.4, -0.2) is 51.8 Å². The molecule has 0 spiro atoms. The lowest BCUT2D eigenvalue weighted by Gasteiger charge is -2.32. The van der Waals surface area contributed by atoms with Crippen LogP contribution in [0.1, 0.15) is 39.2 Å². The fourth-order valence-corrected chi connectivity index (χ4v) is 3.51. The molecule has 1 aliphatic heterocycles. The molecule has 0 radical (unpaired) electrons. The first-order valence-corrected chi connectivity index (χ1v) is 8.39. The number of nitrogens with one attached hydrogen (secondary N) is 1. The molecule has 1 fully saturated rings. The summed E-state index contributed by atoms with van der Waals surface area (Å²) in [6.45, 7) is 6.15. The number of hydrogen-bond acceptors (Lipinski definition) is 4. The maximum absolute atomic E-state index is 12.5. The van der Waals surface area contributed by atoms with Crippen molar-refractivity contribution in [3.63, 3.8) is 0 Å². The summed E-state index contributed by atoms with van der Waals surface area (Å²) >= 11 is 0. The third-order valence-corrected chi connectivity index (χ3v) is 4.83. The van der Waals surface area contributed by atoms with Crippen LogP contribution in [0, 0.1) is 0 Å². The second kappa shape index (κ2) is 7.79. The second-order valence-electron chi connectivity index (χ2n) is 6.66. The maximum Gasteiger partial charge on any atom is 0.237 e. The molecule has 0 unspecified atom stereocenters. The van der Waals surface area contributed by atoms with Crippen molar-refractivity contribution in [1.29, 1.82) is 0 Å². The van der Waals surface area contributed by atoms with E-state index in [1.54, 1.807) is 24.3 Å². The van der Waals surface area contributed by atoms with Crippen LogP contribution in [0.15, 0.2) is 24.3 Å². The van der Waals surface area contributed by atoms with E-state index in [-0.39, 0.29) is 30.3 Å². The highest BCUT2D eigenvalue weighted by Crippen LogP contribution is 2.26. The number of rotatable bonds is 6. The molecule has 0 saturated carbocycles. The van der Waals surface area contributed by atoms with Gasteiger partial charge in [-0.3, -0.25) is 9.69 Å². The topological polar surface area (TPSA) is 72.8 Å². The summed E-state index contributed by atoms with van der Waals surface area (Å²) < 4.78 is 0. The van der Waals surface area contributed by atoms with E-state index in [1.807, 2.05) is 6.92 Å². The molecule has 23 heavy (non-hydrogen) atoms. The van der Waals surface area contributed by atoms with Crippen molar-refractivity contribution >= 4 is 5.91 Å². The Balaban J connectivity index is 1.95. The average molecular weight is 320 g/mol. The summed E-state index contributed by atoms with van der Waals surface area (Å²) in [5.74, 6) is 0.174. The molecule has 1 amide bonds. The molecule has 2 rings (SSSR count). The highest BCUT2D eigenvalue weighted by atomic mass is 16.3. The maximum atomic E-state index is 12.5. The Bertz CT molecular complexity index is 508. The number of aliphatic hydroxyl groups excluding tert-OH is 1. The molecule has 1 heterocycles. The van der Waals surface area contributed by atoms with Gasteiger partial charge in [-0.2, -0.15) is 0 Å². The number of hydrogen-bond donors (Lipinski definition) is 3. The van der Waals surface area contributed by atoms with E-state index in [1.165, 1.54) is 0 Å². The van der Waals surface area contributed by atoms with E-state index in [2.05, 4.69) is 24.1 Å². The number of likely N-dealkylation sites (tertiary alicyclic amines) is 1. The third kappa shape index (κ3) is 4.45. The van der Waals surface area contributed by atoms with E-state index in [9.17, 15) is 15.0 Å². The number of carbonyl (C=O) groups is 1. The third-order valence-electron chi connectivity index (χ3n) is 4.83. The van der Waals surface area contributed by atoms with Crippen molar-refractivity contribution in [3.8, 4) is 5.75 Å². The molecule has 5 heteroatoms. The molecule has 3 N–H and O–H groups in total. The molecule has 4 atom stereocenters. The summed E-state index contributed by atoms with van der Waals surface area (Å²) in [4.78, 5) is 14.8. The van der Waals surface area contributed by atoms with E-state index < -0.39 is 0 Å². The molecule has 1 aromatic rings. The number of amides is 1. The molecule has 0 bridgehead atoms. The van der Waals surface area contributed by atoms with Gasteiger partial charge in [0.1, 0.15) is 5.75 Å². The minimum absolute atomic E-state index is 0.0385. The van der Waals surface area contributed by atoms with Crippen LogP contribution < -0.4 is 5.32 Å². The van der Waals surface area contributed by atoms with Gasteiger partial charge >= 0.3 is 0 Å². The Morgan fingerprint density at radius 1 is 1.26 bits per heavy atom. The van der Waals surface area contributed by atoms with Gasteiger partial charge in [0.2, 0.25) is 5.91 Å². The standard InChI is InChI=1S/C18H28N2O3/c1-12-4-5-13(2)20(12)14(3)18(23)19-16(11-21)10-15-6-8-17(22)9-7-15/h6-9,12-14,16,21-22H,4-5,10-11H2,1-3H3,(H,19,23)/t12-,13+,14-,16-/m0/s1. The summed E-state index contributed by atoms with van der Waals surface area (Å²) in [5.41, 5.74) is 0.970. The largest absolute Gasteiger partial charge is 0.508 e. The van der Waals surface area contributed by atoms with Crippen LogP contribution >= 0.6 is 0 Å². The van der Waals surface area contributed by atoms with Gasteiger partial charge in [0.15, 0.2) is 0 Å². The van der Waals surface area contributed by atoms with Crippen molar-refractivity contribution in [2.45, 2.75) is 64.2 Å². The first kappa shape index (κ1) is 17.8. The van der Waals surface area contributed by atoms with Gasteiger partial charge in [0.25, 0.3) is 0 Å². The second-order valence-corrected chi connectivity index (χ2v) is 6.66. The first-order valence-electron chi connectivity index (χ1n) is 8.39. The summed E-state index contributed by atoms with van der Waals surface area (Å²) in [7, 11) is 0. The minimum atomic E-state index is -0.317. The first-order chi connectivity index (χ1) is 10.9. The van der Waals surface area contributed by atoms with Gasteiger partial charge in [-0.1, -0.05) is 12.1 Å². The smallest absolute Gasteiger partial charge is 0.237 e. The number of phenols is 1. The number of nitrogens with zero attached hydrogens (tertiary/aromatic N) is 1. The molecule has 1 saturated heterocycles. The lowest BCUT2D eigenvalue weighted by atomic mass is 10.1. The predicted octanol–water partition coefficient (Wildman–Crippen LogP) is 1.67. The van der Waals surface area contributed by atoms with E-state index in [0.717, 1.165) is 18.4 Å². The zero-order valence-electron chi connectivity index (χ0n) is 14.2. The lowest BCUT2D eigenvalue weighted by Crippen LogP contribution is -2.52. The highest BCUT2D eigenvalue weighted by Gasteiger charge is 2.34. The number of phenolic OH excluding ortho intramolecular Hbond substituents is 1. The fourth-order valence-electron chi connectivity index (χ4n) is 3.51. The normalized spacial score (nSPS) is 24.3. The van der Waals surface area contributed by atoms with Gasteiger partial charge in [-0.05, 0) is 57.7 Å². The molecule has 128 valence electrons. The quantitative estimate of drug-likeness (QED) is 0.745. The van der Waals surface area contributed by atoms with Crippen LogP contribution in [0.3, 0.4) is 0 Å². The van der Waals surface area contributed by atoms with Crippen LogP contribution in [0.4, 0.5) is 0 Å². The van der Waals surface area contributed by atoms with E-state index >= 15 is 0 Å². The molecule has 1 aromatic carbocycles. The minimum Gasteiger partial charge on any atom is -0.508 e. The average Bonchev–Trinajstić information content (AvgIpc) is 2.86. The molecule has 1 aliphatic rings. The van der Waals surface area contributed by atoms with Crippen molar-refractivity contribution in [1.82, 2.24) is 10.2 Å². The number of aromatic hydroxyl groups is 1. The fraction of sp³-hybridized carbons (Fsp3) is 0.611. The Morgan fingerprint density at radius 2 is 1.83 bits per heavy atom. The number of carbonyl (C=O) groups excluding carboxylic acids is 1. The van der Waals surface area contributed by atoms with Gasteiger partial charge in [0, 0.05) is 12.1 Å². The van der Waals surface area contributed by atoms with Gasteiger partial charge in [-0.15, -0.1) is 0 Å². The van der Waals surface area contributed by atoms with Crippen molar-refractivity contribution in [2.75, 3.05) is 6.61 Å². The van der Waals surface area contributed by atoms with Crippen molar-refractivity contribution in [2.24, 2.45) is 0 Å².